The van der Waals surface area contributed by atoms with Crippen LogP contribution in [0.25, 0.3) is 6.08 Å². The van der Waals surface area contributed by atoms with Gasteiger partial charge in [-0.2, -0.15) is 5.26 Å². The molecule has 130 valence electrons. The maximum atomic E-state index is 12.7. The summed E-state index contributed by atoms with van der Waals surface area (Å²) in [5.41, 5.74) is 1.48. The summed E-state index contributed by atoms with van der Waals surface area (Å²) in [7, 11) is -2.36. The smallest absolute Gasteiger partial charge is 0.216 e. The third-order valence-corrected chi connectivity index (χ3v) is 5.20. The molecule has 0 radical (unpaired) electrons. The Bertz CT molecular complexity index is 923. The maximum Gasteiger partial charge on any atom is 0.216 e. The molecule has 2 aromatic carbocycles. The number of methoxy groups -OCH3 is 1. The lowest BCUT2D eigenvalue weighted by atomic mass is 10.2. The van der Waals surface area contributed by atoms with Gasteiger partial charge in [0, 0.05) is 0 Å². The fraction of sp³-hybridized carbons (Fsp3) is 0.211. The minimum absolute atomic E-state index is 0.0874. The van der Waals surface area contributed by atoms with Crippen LogP contribution in [0.5, 0.6) is 11.5 Å². The molecule has 0 saturated heterocycles. The first-order valence-electron chi connectivity index (χ1n) is 7.66. The lowest BCUT2D eigenvalue weighted by Crippen LogP contribution is -2.03. The molecule has 0 N–H and O–H groups in total. The molecule has 0 aromatic heterocycles. The Morgan fingerprint density at radius 2 is 1.84 bits per heavy atom. The number of allylic oxidation sites excluding steroid dienone is 1. The van der Waals surface area contributed by atoms with Crippen molar-refractivity contribution in [3.8, 4) is 17.6 Å². The molecule has 0 unspecified atom stereocenters. The molecule has 0 heterocycles. The van der Waals surface area contributed by atoms with Gasteiger partial charge >= 0.3 is 0 Å². The average Bonchev–Trinajstić information content (AvgIpc) is 2.60. The van der Waals surface area contributed by atoms with Gasteiger partial charge in [-0.25, -0.2) is 8.42 Å². The summed E-state index contributed by atoms with van der Waals surface area (Å²) in [6.07, 6.45) is 1.33. The van der Waals surface area contributed by atoms with Crippen molar-refractivity contribution in [2.24, 2.45) is 0 Å². The van der Waals surface area contributed by atoms with E-state index in [4.69, 9.17) is 9.47 Å². The summed E-state index contributed by atoms with van der Waals surface area (Å²) in [5.74, 6) is 1.03. The van der Waals surface area contributed by atoms with Gasteiger partial charge in [0.15, 0.2) is 11.5 Å². The standard InChI is InChI=1S/C19H19NO4S/c1-4-24-19-12-15(7-10-18(19)23-3)11-17(13-20)25(21,22)16-8-5-14(2)6-9-16/h5-12H,4H2,1-3H3/b17-11+. The van der Waals surface area contributed by atoms with Gasteiger partial charge in [0.2, 0.25) is 9.84 Å². The molecule has 0 aliphatic heterocycles. The molecule has 0 atom stereocenters. The number of sulfone groups is 1. The van der Waals surface area contributed by atoms with Crippen molar-refractivity contribution < 1.29 is 17.9 Å². The van der Waals surface area contributed by atoms with Crippen molar-refractivity contribution in [2.75, 3.05) is 13.7 Å². The molecule has 0 spiro atoms. The molecule has 2 rings (SSSR count). The number of nitrogens with zero attached hydrogens (tertiary/aromatic N) is 1. The predicted octanol–water partition coefficient (Wildman–Crippen LogP) is 3.74. The quantitative estimate of drug-likeness (QED) is 0.736. The van der Waals surface area contributed by atoms with E-state index >= 15 is 0 Å². The third-order valence-electron chi connectivity index (χ3n) is 3.52. The lowest BCUT2D eigenvalue weighted by Gasteiger charge is -2.10. The molecule has 6 heteroatoms. The third kappa shape index (κ3) is 4.20. The fourth-order valence-electron chi connectivity index (χ4n) is 2.22. The van der Waals surface area contributed by atoms with Gasteiger partial charge in [0.25, 0.3) is 0 Å². The minimum atomic E-state index is -3.88. The molecule has 0 bridgehead atoms. The van der Waals surface area contributed by atoms with E-state index in [9.17, 15) is 13.7 Å². The van der Waals surface area contributed by atoms with E-state index in [2.05, 4.69) is 0 Å². The molecule has 0 amide bonds. The number of aryl methyl sites for hydroxylation is 1. The zero-order valence-electron chi connectivity index (χ0n) is 14.3. The van der Waals surface area contributed by atoms with E-state index in [1.165, 1.54) is 25.3 Å². The lowest BCUT2D eigenvalue weighted by molar-refractivity contribution is 0.311. The molecule has 5 nitrogen and oxygen atoms in total. The second-order valence-electron chi connectivity index (χ2n) is 5.28. The van der Waals surface area contributed by atoms with Crippen LogP contribution in [0.4, 0.5) is 0 Å². The second kappa shape index (κ2) is 7.86. The number of nitriles is 1. The van der Waals surface area contributed by atoms with Gasteiger partial charge in [-0.15, -0.1) is 0 Å². The molecular weight excluding hydrogens is 338 g/mol. The van der Waals surface area contributed by atoms with E-state index in [0.29, 0.717) is 23.7 Å². The molecule has 0 fully saturated rings. The molecule has 0 aliphatic rings. The van der Waals surface area contributed by atoms with Crippen LogP contribution >= 0.6 is 0 Å². The largest absolute Gasteiger partial charge is 0.493 e. The Labute approximate surface area is 148 Å². The van der Waals surface area contributed by atoms with E-state index in [1.807, 2.05) is 13.8 Å². The van der Waals surface area contributed by atoms with Crippen molar-refractivity contribution in [3.05, 3.63) is 58.5 Å². The van der Waals surface area contributed by atoms with Gasteiger partial charge in [0.1, 0.15) is 11.0 Å². The number of rotatable bonds is 6. The van der Waals surface area contributed by atoms with Crippen molar-refractivity contribution >= 4 is 15.9 Å². The van der Waals surface area contributed by atoms with Crippen molar-refractivity contribution in [1.29, 1.82) is 5.26 Å². The van der Waals surface area contributed by atoms with Gasteiger partial charge < -0.3 is 9.47 Å². The Hall–Kier alpha value is -2.78. The number of benzene rings is 2. The summed E-state index contributed by atoms with van der Waals surface area (Å²) < 4.78 is 36.0. The Morgan fingerprint density at radius 1 is 1.16 bits per heavy atom. The van der Waals surface area contributed by atoms with Crippen molar-refractivity contribution in [2.45, 2.75) is 18.7 Å². The highest BCUT2D eigenvalue weighted by Gasteiger charge is 2.20. The van der Waals surface area contributed by atoms with Crippen LogP contribution < -0.4 is 9.47 Å². The summed E-state index contributed by atoms with van der Waals surface area (Å²) in [4.78, 5) is -0.242. The number of ether oxygens (including phenoxy) is 2. The Balaban J connectivity index is 2.48. The SMILES string of the molecule is CCOc1cc(/C=C(\C#N)S(=O)(=O)c2ccc(C)cc2)ccc1OC. The van der Waals surface area contributed by atoms with Crippen LogP contribution in [0.1, 0.15) is 18.1 Å². The monoisotopic (exact) mass is 357 g/mol. The number of hydrogen-bond acceptors (Lipinski definition) is 5. The van der Waals surface area contributed by atoms with Crippen LogP contribution in [0, 0.1) is 18.3 Å². The van der Waals surface area contributed by atoms with E-state index in [-0.39, 0.29) is 9.80 Å². The highest BCUT2D eigenvalue weighted by molar-refractivity contribution is 7.95. The van der Waals surface area contributed by atoms with Gasteiger partial charge in [-0.3, -0.25) is 0 Å². The first kappa shape index (κ1) is 18.6. The Kier molecular flexibility index (Phi) is 5.84. The van der Waals surface area contributed by atoms with E-state index < -0.39 is 9.84 Å². The zero-order valence-corrected chi connectivity index (χ0v) is 15.1. The first-order valence-corrected chi connectivity index (χ1v) is 9.15. The molecular formula is C19H19NO4S. The zero-order chi connectivity index (χ0) is 18.4. The van der Waals surface area contributed by atoms with Gasteiger partial charge in [-0.05, 0) is 49.8 Å². The van der Waals surface area contributed by atoms with Crippen LogP contribution in [-0.4, -0.2) is 22.1 Å². The summed E-state index contributed by atoms with van der Waals surface area (Å²) in [5, 5.41) is 9.36. The normalized spacial score (nSPS) is 11.7. The van der Waals surface area contributed by atoms with Crippen molar-refractivity contribution in [1.82, 2.24) is 0 Å². The van der Waals surface area contributed by atoms with E-state index in [0.717, 1.165) is 5.56 Å². The summed E-state index contributed by atoms with van der Waals surface area (Å²) >= 11 is 0. The van der Waals surface area contributed by atoms with Gasteiger partial charge in [0.05, 0.1) is 18.6 Å². The predicted molar refractivity (Wildman–Crippen MR) is 96.1 cm³/mol. The van der Waals surface area contributed by atoms with Crippen LogP contribution in [0.2, 0.25) is 0 Å². The molecule has 0 aliphatic carbocycles. The number of hydrogen-bond donors (Lipinski definition) is 0. The van der Waals surface area contributed by atoms with Crippen molar-refractivity contribution in [3.63, 3.8) is 0 Å². The summed E-state index contributed by atoms with van der Waals surface area (Å²) in [6.45, 7) is 4.14. The van der Waals surface area contributed by atoms with Gasteiger partial charge in [-0.1, -0.05) is 23.8 Å². The van der Waals surface area contributed by atoms with E-state index in [1.54, 1.807) is 36.4 Å². The Morgan fingerprint density at radius 3 is 2.40 bits per heavy atom. The second-order valence-corrected chi connectivity index (χ2v) is 7.20. The van der Waals surface area contributed by atoms with Crippen LogP contribution in [0.3, 0.4) is 0 Å². The van der Waals surface area contributed by atoms with Crippen LogP contribution in [0.15, 0.2) is 52.3 Å². The average molecular weight is 357 g/mol. The highest BCUT2D eigenvalue weighted by Crippen LogP contribution is 2.30. The van der Waals surface area contributed by atoms with Crippen LogP contribution in [-0.2, 0) is 9.84 Å². The molecule has 2 aromatic rings. The fourth-order valence-corrected chi connectivity index (χ4v) is 3.38. The first-order chi connectivity index (χ1) is 11.9. The molecule has 0 saturated carbocycles. The highest BCUT2D eigenvalue weighted by atomic mass is 32.2. The molecule has 25 heavy (non-hydrogen) atoms. The maximum absolute atomic E-state index is 12.7. The topological polar surface area (TPSA) is 76.4 Å². The summed E-state index contributed by atoms with van der Waals surface area (Å²) in [6, 6.07) is 13.2. The minimum Gasteiger partial charge on any atom is -0.493 e.